The molecule has 0 aliphatic carbocycles. The van der Waals surface area contributed by atoms with Crippen LogP contribution in [0.5, 0.6) is 0 Å². The van der Waals surface area contributed by atoms with Crippen molar-refractivity contribution in [3.63, 3.8) is 0 Å². The van der Waals surface area contributed by atoms with Crippen molar-refractivity contribution in [1.29, 1.82) is 0 Å². The molecule has 0 radical (unpaired) electrons. The summed E-state index contributed by atoms with van der Waals surface area (Å²) < 4.78 is 5.25. The average Bonchev–Trinajstić information content (AvgIpc) is 2.65. The maximum atomic E-state index is 12.0. The van der Waals surface area contributed by atoms with Gasteiger partial charge in [-0.3, -0.25) is 10.1 Å². The van der Waals surface area contributed by atoms with Crippen LogP contribution in [0.3, 0.4) is 0 Å². The van der Waals surface area contributed by atoms with E-state index in [1.54, 1.807) is 0 Å². The molecule has 2 N–H and O–H groups in total. The molecular formula is C23H29BrN2O3. The first-order valence-corrected chi connectivity index (χ1v) is 11.0. The van der Waals surface area contributed by atoms with Gasteiger partial charge in [-0.15, -0.1) is 0 Å². The number of halogens is 1. The van der Waals surface area contributed by atoms with Crippen molar-refractivity contribution >= 4 is 39.3 Å². The van der Waals surface area contributed by atoms with Crippen LogP contribution in [0.4, 0.5) is 16.2 Å². The van der Waals surface area contributed by atoms with Gasteiger partial charge in [-0.05, 0) is 69.0 Å². The van der Waals surface area contributed by atoms with Crippen molar-refractivity contribution in [2.75, 3.05) is 16.0 Å². The van der Waals surface area contributed by atoms with E-state index >= 15 is 0 Å². The van der Waals surface area contributed by atoms with Crippen LogP contribution in [0.1, 0.15) is 46.5 Å². The van der Waals surface area contributed by atoms with E-state index in [-0.39, 0.29) is 5.91 Å². The molecular weight excluding hydrogens is 432 g/mol. The fourth-order valence-electron chi connectivity index (χ4n) is 2.69. The van der Waals surface area contributed by atoms with Crippen molar-refractivity contribution in [3.8, 4) is 11.1 Å². The Bertz CT molecular complexity index is 796. The van der Waals surface area contributed by atoms with Gasteiger partial charge in [0.1, 0.15) is 5.60 Å². The summed E-state index contributed by atoms with van der Waals surface area (Å²) in [5.74, 6) is 0.0462. The van der Waals surface area contributed by atoms with Crippen LogP contribution in [-0.4, -0.2) is 22.9 Å². The fourth-order valence-corrected chi connectivity index (χ4v) is 3.09. The summed E-state index contributed by atoms with van der Waals surface area (Å²) >= 11 is 3.40. The number of alkyl halides is 1. The summed E-state index contributed by atoms with van der Waals surface area (Å²) in [5.41, 5.74) is 2.99. The van der Waals surface area contributed by atoms with E-state index < -0.39 is 11.7 Å². The molecule has 0 fully saturated rings. The Morgan fingerprint density at radius 1 is 0.828 bits per heavy atom. The third-order valence-corrected chi connectivity index (χ3v) is 4.63. The second-order valence-corrected chi connectivity index (χ2v) is 8.62. The number of anilines is 2. The minimum absolute atomic E-state index is 0.0462. The van der Waals surface area contributed by atoms with Crippen LogP contribution < -0.4 is 10.6 Å². The van der Waals surface area contributed by atoms with E-state index in [1.807, 2.05) is 69.3 Å². The molecule has 0 aliphatic rings. The number of ether oxygens (including phenoxy) is 1. The molecule has 0 atom stereocenters. The highest BCUT2D eigenvalue weighted by Crippen LogP contribution is 2.23. The monoisotopic (exact) mass is 460 g/mol. The molecule has 0 unspecified atom stereocenters. The van der Waals surface area contributed by atoms with Crippen molar-refractivity contribution < 1.29 is 14.3 Å². The average molecular weight is 461 g/mol. The molecule has 6 heteroatoms. The second kappa shape index (κ2) is 11.0. The molecule has 0 heterocycles. The van der Waals surface area contributed by atoms with Crippen molar-refractivity contribution in [3.05, 3.63) is 48.5 Å². The van der Waals surface area contributed by atoms with E-state index in [0.29, 0.717) is 12.1 Å². The molecule has 29 heavy (non-hydrogen) atoms. The van der Waals surface area contributed by atoms with E-state index in [9.17, 15) is 9.59 Å². The van der Waals surface area contributed by atoms with Gasteiger partial charge in [0.15, 0.2) is 0 Å². The zero-order valence-corrected chi connectivity index (χ0v) is 18.8. The number of rotatable bonds is 8. The van der Waals surface area contributed by atoms with Crippen molar-refractivity contribution in [1.82, 2.24) is 0 Å². The lowest BCUT2D eigenvalue weighted by Gasteiger charge is -2.19. The molecule has 156 valence electrons. The van der Waals surface area contributed by atoms with E-state index in [1.165, 1.54) is 0 Å². The number of carbonyl (C=O) groups excluding carboxylic acids is 2. The summed E-state index contributed by atoms with van der Waals surface area (Å²) in [6.45, 7) is 5.48. The Morgan fingerprint density at radius 2 is 1.34 bits per heavy atom. The van der Waals surface area contributed by atoms with Gasteiger partial charge in [0.2, 0.25) is 5.91 Å². The fraction of sp³-hybridized carbons (Fsp3) is 0.391. The summed E-state index contributed by atoms with van der Waals surface area (Å²) in [4.78, 5) is 23.8. The van der Waals surface area contributed by atoms with Gasteiger partial charge >= 0.3 is 6.09 Å². The largest absolute Gasteiger partial charge is 0.444 e. The number of benzene rings is 2. The highest BCUT2D eigenvalue weighted by atomic mass is 79.9. The highest BCUT2D eigenvalue weighted by molar-refractivity contribution is 9.09. The minimum atomic E-state index is -0.533. The molecule has 0 spiro atoms. The maximum absolute atomic E-state index is 12.0. The van der Waals surface area contributed by atoms with Gasteiger partial charge in [-0.2, -0.15) is 0 Å². The lowest BCUT2D eigenvalue weighted by Crippen LogP contribution is -2.27. The summed E-state index contributed by atoms with van der Waals surface area (Å²) in [6, 6.07) is 15.3. The van der Waals surface area contributed by atoms with Crippen LogP contribution in [0.25, 0.3) is 11.1 Å². The normalized spacial score (nSPS) is 11.0. The summed E-state index contributed by atoms with van der Waals surface area (Å²) in [5, 5.41) is 6.64. The molecule has 0 saturated carbocycles. The van der Waals surface area contributed by atoms with Gasteiger partial charge in [0, 0.05) is 23.1 Å². The molecule has 2 rings (SSSR count). The predicted molar refractivity (Wildman–Crippen MR) is 123 cm³/mol. The first-order chi connectivity index (χ1) is 13.8. The first-order valence-electron chi connectivity index (χ1n) is 9.83. The zero-order chi connectivity index (χ0) is 21.3. The van der Waals surface area contributed by atoms with Gasteiger partial charge in [-0.1, -0.05) is 46.6 Å². The van der Waals surface area contributed by atoms with Crippen molar-refractivity contribution in [2.24, 2.45) is 0 Å². The molecule has 0 aromatic heterocycles. The van der Waals surface area contributed by atoms with E-state index in [4.69, 9.17) is 4.74 Å². The smallest absolute Gasteiger partial charge is 0.412 e. The Labute approximate surface area is 181 Å². The van der Waals surface area contributed by atoms with E-state index in [2.05, 4.69) is 26.6 Å². The minimum Gasteiger partial charge on any atom is -0.444 e. The molecule has 2 amide bonds. The Kier molecular flexibility index (Phi) is 8.70. The van der Waals surface area contributed by atoms with Gasteiger partial charge in [-0.25, -0.2) is 4.79 Å². The number of hydrogen-bond donors (Lipinski definition) is 2. The van der Waals surface area contributed by atoms with Gasteiger partial charge in [0.25, 0.3) is 0 Å². The quantitative estimate of drug-likeness (QED) is 0.344. The molecule has 0 saturated heterocycles. The highest BCUT2D eigenvalue weighted by Gasteiger charge is 2.16. The first kappa shape index (κ1) is 22.9. The van der Waals surface area contributed by atoms with Crippen LogP contribution in [0.2, 0.25) is 0 Å². The number of unbranched alkanes of at least 4 members (excludes halogenated alkanes) is 2. The maximum Gasteiger partial charge on any atom is 0.412 e. The predicted octanol–water partition coefficient (Wildman–Crippen LogP) is 6.59. The molecule has 0 bridgehead atoms. The summed E-state index contributed by atoms with van der Waals surface area (Å²) in [7, 11) is 0. The van der Waals surface area contributed by atoms with Crippen LogP contribution in [0.15, 0.2) is 48.5 Å². The lowest BCUT2D eigenvalue weighted by molar-refractivity contribution is -0.116. The molecule has 2 aromatic rings. The Balaban J connectivity index is 1.89. The number of hydrogen-bond acceptors (Lipinski definition) is 3. The third-order valence-electron chi connectivity index (χ3n) is 4.07. The SMILES string of the molecule is CC(C)(C)OC(=O)Nc1ccc(-c2ccc(NC(=O)CCCCCBr)cc2)cc1. The number of amides is 2. The molecule has 2 aromatic carbocycles. The van der Waals surface area contributed by atoms with Gasteiger partial charge in [0.05, 0.1) is 0 Å². The standard InChI is InChI=1S/C23H29BrN2O3/c1-23(2,3)29-22(28)26-20-14-10-18(11-15-20)17-8-12-19(13-9-17)25-21(27)7-5-4-6-16-24/h8-15H,4-7,16H2,1-3H3,(H,25,27)(H,26,28). The molecule has 0 aliphatic heterocycles. The zero-order valence-electron chi connectivity index (χ0n) is 17.3. The number of carbonyl (C=O) groups is 2. The van der Waals surface area contributed by atoms with Gasteiger partial charge < -0.3 is 10.1 Å². The van der Waals surface area contributed by atoms with Crippen LogP contribution in [0, 0.1) is 0 Å². The Hall–Kier alpha value is -2.34. The van der Waals surface area contributed by atoms with E-state index in [0.717, 1.165) is 41.4 Å². The van der Waals surface area contributed by atoms with Crippen LogP contribution >= 0.6 is 15.9 Å². The summed E-state index contributed by atoms with van der Waals surface area (Å²) in [6.07, 6.45) is 3.11. The third kappa shape index (κ3) is 8.69. The number of nitrogens with one attached hydrogen (secondary N) is 2. The topological polar surface area (TPSA) is 67.4 Å². The second-order valence-electron chi connectivity index (χ2n) is 7.83. The lowest BCUT2D eigenvalue weighted by atomic mass is 10.0. The Morgan fingerprint density at radius 3 is 1.83 bits per heavy atom. The molecule has 5 nitrogen and oxygen atoms in total. The van der Waals surface area contributed by atoms with Crippen molar-refractivity contribution in [2.45, 2.75) is 52.1 Å². The van der Waals surface area contributed by atoms with Crippen LogP contribution in [-0.2, 0) is 9.53 Å².